The van der Waals surface area contributed by atoms with Crippen molar-refractivity contribution < 1.29 is 19.8 Å². The number of rotatable bonds is 5. The van der Waals surface area contributed by atoms with Crippen LogP contribution in [-0.2, 0) is 4.79 Å². The molecular formula is C11H20N2O4. The predicted octanol–water partition coefficient (Wildman–Crippen LogP) is 0.428. The number of urea groups is 1. The molecule has 0 aliphatic heterocycles. The fourth-order valence-electron chi connectivity index (χ4n) is 1.20. The Labute approximate surface area is 101 Å². The van der Waals surface area contributed by atoms with Crippen LogP contribution < -0.4 is 5.32 Å². The summed E-state index contributed by atoms with van der Waals surface area (Å²) in [4.78, 5) is 24.0. The largest absolute Gasteiger partial charge is 0.480 e. The molecule has 2 amide bonds. The molecule has 6 nitrogen and oxygen atoms in total. The van der Waals surface area contributed by atoms with Crippen LogP contribution in [0.15, 0.2) is 12.7 Å². The van der Waals surface area contributed by atoms with Crippen molar-refractivity contribution in [3.05, 3.63) is 12.7 Å². The monoisotopic (exact) mass is 244 g/mol. The van der Waals surface area contributed by atoms with Gasteiger partial charge in [-0.2, -0.15) is 0 Å². The fraction of sp³-hybridized carbons (Fsp3) is 0.636. The van der Waals surface area contributed by atoms with Crippen molar-refractivity contribution >= 4 is 12.0 Å². The molecule has 98 valence electrons. The van der Waals surface area contributed by atoms with Crippen LogP contribution >= 0.6 is 0 Å². The molecule has 0 radical (unpaired) electrons. The van der Waals surface area contributed by atoms with E-state index in [2.05, 4.69) is 11.9 Å². The summed E-state index contributed by atoms with van der Waals surface area (Å²) < 4.78 is 0. The summed E-state index contributed by atoms with van der Waals surface area (Å²) in [6.45, 7) is 8.67. The minimum absolute atomic E-state index is 0.299. The van der Waals surface area contributed by atoms with E-state index >= 15 is 0 Å². The molecule has 0 heterocycles. The van der Waals surface area contributed by atoms with Crippen molar-refractivity contribution in [2.24, 2.45) is 0 Å². The molecule has 0 aliphatic rings. The fourth-order valence-corrected chi connectivity index (χ4v) is 1.20. The van der Waals surface area contributed by atoms with Crippen molar-refractivity contribution in [3.8, 4) is 0 Å². The first-order valence-corrected chi connectivity index (χ1v) is 5.26. The zero-order chi connectivity index (χ0) is 13.6. The van der Waals surface area contributed by atoms with Gasteiger partial charge in [-0.25, -0.2) is 9.59 Å². The molecule has 0 bridgehead atoms. The number of amides is 2. The number of nitrogens with one attached hydrogen (secondary N) is 1. The molecule has 0 saturated carbocycles. The van der Waals surface area contributed by atoms with Crippen LogP contribution in [-0.4, -0.2) is 51.8 Å². The van der Waals surface area contributed by atoms with Crippen LogP contribution in [0.1, 0.15) is 20.8 Å². The number of hydrogen-bond acceptors (Lipinski definition) is 3. The highest BCUT2D eigenvalue weighted by Gasteiger charge is 2.28. The first-order valence-electron chi connectivity index (χ1n) is 5.26. The first kappa shape index (κ1) is 15.4. The van der Waals surface area contributed by atoms with Crippen LogP contribution in [0.25, 0.3) is 0 Å². The van der Waals surface area contributed by atoms with Crippen molar-refractivity contribution in [3.63, 3.8) is 0 Å². The van der Waals surface area contributed by atoms with Gasteiger partial charge < -0.3 is 20.4 Å². The Morgan fingerprint density at radius 2 is 2.00 bits per heavy atom. The van der Waals surface area contributed by atoms with E-state index in [-0.39, 0.29) is 0 Å². The maximum absolute atomic E-state index is 11.8. The van der Waals surface area contributed by atoms with Gasteiger partial charge in [-0.3, -0.25) is 0 Å². The van der Waals surface area contributed by atoms with Gasteiger partial charge in [0.05, 0.1) is 6.61 Å². The van der Waals surface area contributed by atoms with Crippen LogP contribution in [0.5, 0.6) is 0 Å². The third-order valence-corrected chi connectivity index (χ3v) is 2.14. The molecular weight excluding hydrogens is 224 g/mol. The van der Waals surface area contributed by atoms with Gasteiger partial charge in [0, 0.05) is 12.1 Å². The lowest BCUT2D eigenvalue weighted by molar-refractivity contribution is -0.140. The SMILES string of the molecule is C=CCN(C(=O)NC(CO)C(=O)O)C(C)(C)C. The Morgan fingerprint density at radius 1 is 1.47 bits per heavy atom. The Bertz CT molecular complexity index is 296. The second-order valence-electron chi connectivity index (χ2n) is 4.59. The van der Waals surface area contributed by atoms with E-state index in [1.807, 2.05) is 20.8 Å². The molecule has 0 spiro atoms. The summed E-state index contributed by atoms with van der Waals surface area (Å²) in [5, 5.41) is 19.8. The highest BCUT2D eigenvalue weighted by Crippen LogP contribution is 2.13. The van der Waals surface area contributed by atoms with E-state index in [1.54, 1.807) is 6.08 Å². The summed E-state index contributed by atoms with van der Waals surface area (Å²) in [6, 6.07) is -1.84. The Morgan fingerprint density at radius 3 is 2.29 bits per heavy atom. The molecule has 0 saturated heterocycles. The summed E-state index contributed by atoms with van der Waals surface area (Å²) in [5.41, 5.74) is -0.462. The van der Waals surface area contributed by atoms with Gasteiger partial charge in [-0.15, -0.1) is 6.58 Å². The van der Waals surface area contributed by atoms with E-state index in [1.165, 1.54) is 4.90 Å². The highest BCUT2D eigenvalue weighted by molar-refractivity contribution is 5.83. The number of carbonyl (C=O) groups is 2. The number of aliphatic carboxylic acids is 1. The molecule has 0 fully saturated rings. The number of aliphatic hydroxyl groups is 1. The molecule has 0 aliphatic carbocycles. The second kappa shape index (κ2) is 6.24. The Kier molecular flexibility index (Phi) is 5.67. The molecule has 17 heavy (non-hydrogen) atoms. The number of nitrogens with zero attached hydrogens (tertiary/aromatic N) is 1. The number of carboxylic acids is 1. The maximum atomic E-state index is 11.8. The van der Waals surface area contributed by atoms with Crippen LogP contribution in [0.2, 0.25) is 0 Å². The molecule has 0 aromatic carbocycles. The average Bonchev–Trinajstić information content (AvgIpc) is 2.19. The molecule has 0 rings (SSSR count). The van der Waals surface area contributed by atoms with Gasteiger partial charge >= 0.3 is 12.0 Å². The van der Waals surface area contributed by atoms with E-state index in [9.17, 15) is 9.59 Å². The predicted molar refractivity (Wildman–Crippen MR) is 63.7 cm³/mol. The lowest BCUT2D eigenvalue weighted by Crippen LogP contribution is -2.55. The normalized spacial score (nSPS) is 12.7. The zero-order valence-electron chi connectivity index (χ0n) is 10.4. The molecule has 6 heteroatoms. The van der Waals surface area contributed by atoms with E-state index in [0.29, 0.717) is 6.54 Å². The molecule has 0 aromatic rings. The van der Waals surface area contributed by atoms with Crippen LogP contribution in [0.3, 0.4) is 0 Å². The number of carboxylic acid groups (broad SMARTS) is 1. The van der Waals surface area contributed by atoms with Gasteiger partial charge in [0.2, 0.25) is 0 Å². The van der Waals surface area contributed by atoms with E-state index < -0.39 is 30.2 Å². The van der Waals surface area contributed by atoms with Crippen molar-refractivity contribution in [2.45, 2.75) is 32.4 Å². The smallest absolute Gasteiger partial charge is 0.328 e. The lowest BCUT2D eigenvalue weighted by atomic mass is 10.1. The van der Waals surface area contributed by atoms with Crippen molar-refractivity contribution in [1.29, 1.82) is 0 Å². The van der Waals surface area contributed by atoms with Crippen molar-refractivity contribution in [2.75, 3.05) is 13.2 Å². The highest BCUT2D eigenvalue weighted by atomic mass is 16.4. The standard InChI is InChI=1S/C11H20N2O4/c1-5-6-13(11(2,3)4)10(17)12-8(7-14)9(15)16/h5,8,14H,1,6-7H2,2-4H3,(H,12,17)(H,15,16). The van der Waals surface area contributed by atoms with Crippen molar-refractivity contribution in [1.82, 2.24) is 10.2 Å². The molecule has 1 unspecified atom stereocenters. The van der Waals surface area contributed by atoms with Gasteiger partial charge in [0.15, 0.2) is 6.04 Å². The summed E-state index contributed by atoms with van der Waals surface area (Å²) in [7, 11) is 0. The maximum Gasteiger partial charge on any atom is 0.328 e. The van der Waals surface area contributed by atoms with Gasteiger partial charge in [-0.05, 0) is 20.8 Å². The molecule has 3 N–H and O–H groups in total. The molecule has 1 atom stereocenters. The number of aliphatic hydroxyl groups excluding tert-OH is 1. The first-order chi connectivity index (χ1) is 7.73. The molecule has 0 aromatic heterocycles. The third kappa shape index (κ3) is 4.86. The second-order valence-corrected chi connectivity index (χ2v) is 4.59. The number of hydrogen-bond donors (Lipinski definition) is 3. The van der Waals surface area contributed by atoms with Gasteiger partial charge in [0.25, 0.3) is 0 Å². The number of carbonyl (C=O) groups excluding carboxylic acids is 1. The average molecular weight is 244 g/mol. The topological polar surface area (TPSA) is 89.9 Å². The lowest BCUT2D eigenvalue weighted by Gasteiger charge is -2.35. The van der Waals surface area contributed by atoms with Gasteiger partial charge in [0.1, 0.15) is 0 Å². The summed E-state index contributed by atoms with van der Waals surface area (Å²) >= 11 is 0. The van der Waals surface area contributed by atoms with Gasteiger partial charge in [-0.1, -0.05) is 6.08 Å². The summed E-state index contributed by atoms with van der Waals surface area (Å²) in [6.07, 6.45) is 1.56. The Balaban J connectivity index is 4.74. The van der Waals surface area contributed by atoms with Crippen LogP contribution in [0, 0.1) is 0 Å². The van der Waals surface area contributed by atoms with Crippen LogP contribution in [0.4, 0.5) is 4.79 Å². The minimum Gasteiger partial charge on any atom is -0.480 e. The summed E-state index contributed by atoms with van der Waals surface area (Å²) in [5.74, 6) is -1.27. The van der Waals surface area contributed by atoms with E-state index in [4.69, 9.17) is 10.2 Å². The van der Waals surface area contributed by atoms with E-state index in [0.717, 1.165) is 0 Å². The zero-order valence-corrected chi connectivity index (χ0v) is 10.4. The third-order valence-electron chi connectivity index (χ3n) is 2.14. The Hall–Kier alpha value is -1.56. The quantitative estimate of drug-likeness (QED) is 0.612. The minimum atomic E-state index is -1.29.